The molecule has 3 heterocycles. The molecule has 0 aliphatic heterocycles. The molecule has 1 amide bonds. The number of anilines is 1. The van der Waals surface area contributed by atoms with E-state index in [9.17, 15) is 9.18 Å². The Kier molecular flexibility index (Phi) is 4.95. The first-order valence-electron chi connectivity index (χ1n) is 10.0. The topological polar surface area (TPSA) is 77.6 Å². The molecular weight excluding hydrogens is 407 g/mol. The summed E-state index contributed by atoms with van der Waals surface area (Å²) in [6.07, 6.45) is 5.31. The molecule has 0 radical (unpaired) electrons. The zero-order valence-electron chi connectivity index (χ0n) is 17.2. The molecule has 2 aromatic carbocycles. The number of pyridine rings is 1. The van der Waals surface area contributed by atoms with Crippen molar-refractivity contribution in [3.63, 3.8) is 0 Å². The predicted octanol–water partition coefficient (Wildman–Crippen LogP) is 4.27. The van der Waals surface area contributed by atoms with Crippen molar-refractivity contribution in [2.24, 2.45) is 7.05 Å². The van der Waals surface area contributed by atoms with Crippen molar-refractivity contribution in [2.75, 3.05) is 5.32 Å². The van der Waals surface area contributed by atoms with E-state index in [-0.39, 0.29) is 11.7 Å². The minimum Gasteiger partial charge on any atom is -0.305 e. The molecule has 0 bridgehead atoms. The molecule has 0 aliphatic carbocycles. The average Bonchev–Trinajstić information content (AvgIpc) is 3.41. The molecular formula is C24H19FN6O. The summed E-state index contributed by atoms with van der Waals surface area (Å²) in [5, 5.41) is 12.2. The number of hydrogen-bond acceptors (Lipinski definition) is 4. The van der Waals surface area contributed by atoms with E-state index in [1.807, 2.05) is 43.6 Å². The van der Waals surface area contributed by atoms with Crippen LogP contribution in [-0.2, 0) is 13.6 Å². The monoisotopic (exact) mass is 426 g/mol. The molecule has 5 rings (SSSR count). The van der Waals surface area contributed by atoms with Crippen LogP contribution in [0.25, 0.3) is 22.2 Å². The van der Waals surface area contributed by atoms with Crippen LogP contribution >= 0.6 is 0 Å². The van der Waals surface area contributed by atoms with Gasteiger partial charge in [0.1, 0.15) is 5.82 Å². The second-order valence-electron chi connectivity index (χ2n) is 7.46. The van der Waals surface area contributed by atoms with E-state index in [0.717, 1.165) is 22.0 Å². The fraction of sp³-hybridized carbons (Fsp3) is 0.0833. The Morgan fingerprint density at radius 3 is 2.78 bits per heavy atom. The lowest BCUT2D eigenvalue weighted by atomic mass is 10.0. The SMILES string of the molecule is Cn1cc(-c2cc(C(=O)Nc3ccn(Cc4cccc(F)c4)n3)c3ccccc3n2)cn1. The van der Waals surface area contributed by atoms with Crippen LogP contribution in [0.15, 0.2) is 79.3 Å². The Balaban J connectivity index is 1.43. The van der Waals surface area contributed by atoms with Crippen molar-refractivity contribution < 1.29 is 9.18 Å². The van der Waals surface area contributed by atoms with Gasteiger partial charge in [-0.25, -0.2) is 9.37 Å². The molecule has 0 spiro atoms. The van der Waals surface area contributed by atoms with Gasteiger partial charge in [-0.15, -0.1) is 0 Å². The smallest absolute Gasteiger partial charge is 0.257 e. The first-order valence-corrected chi connectivity index (χ1v) is 10.0. The summed E-state index contributed by atoms with van der Waals surface area (Å²) in [6.45, 7) is 0.400. The van der Waals surface area contributed by atoms with E-state index in [2.05, 4.69) is 20.5 Å². The van der Waals surface area contributed by atoms with Crippen LogP contribution in [0.3, 0.4) is 0 Å². The summed E-state index contributed by atoms with van der Waals surface area (Å²) in [6, 6.07) is 17.3. The van der Waals surface area contributed by atoms with Gasteiger partial charge in [-0.05, 0) is 29.8 Å². The number of rotatable bonds is 5. The second-order valence-corrected chi connectivity index (χ2v) is 7.46. The van der Waals surface area contributed by atoms with Gasteiger partial charge in [0, 0.05) is 36.5 Å². The lowest BCUT2D eigenvalue weighted by Gasteiger charge is -2.09. The van der Waals surface area contributed by atoms with E-state index in [1.165, 1.54) is 12.1 Å². The van der Waals surface area contributed by atoms with Crippen LogP contribution in [0.1, 0.15) is 15.9 Å². The summed E-state index contributed by atoms with van der Waals surface area (Å²) in [7, 11) is 1.83. The molecule has 7 nitrogen and oxygen atoms in total. The number of fused-ring (bicyclic) bond motifs is 1. The quantitative estimate of drug-likeness (QED) is 0.455. The molecule has 1 N–H and O–H groups in total. The summed E-state index contributed by atoms with van der Waals surface area (Å²) in [4.78, 5) is 17.9. The summed E-state index contributed by atoms with van der Waals surface area (Å²) in [5.41, 5.74) is 3.49. The number of para-hydroxylation sites is 1. The lowest BCUT2D eigenvalue weighted by Crippen LogP contribution is -2.14. The first kappa shape index (κ1) is 19.6. The van der Waals surface area contributed by atoms with Crippen LogP contribution in [0.4, 0.5) is 10.2 Å². The highest BCUT2D eigenvalue weighted by molar-refractivity contribution is 6.12. The molecule has 0 unspecified atom stereocenters. The minimum atomic E-state index is -0.294. The molecule has 0 aliphatic rings. The van der Waals surface area contributed by atoms with Crippen LogP contribution in [0.5, 0.6) is 0 Å². The van der Waals surface area contributed by atoms with Crippen LogP contribution in [0.2, 0.25) is 0 Å². The highest BCUT2D eigenvalue weighted by atomic mass is 19.1. The van der Waals surface area contributed by atoms with Gasteiger partial charge in [0.15, 0.2) is 5.82 Å². The number of carbonyl (C=O) groups is 1. The van der Waals surface area contributed by atoms with Crippen LogP contribution in [0, 0.1) is 5.82 Å². The van der Waals surface area contributed by atoms with Gasteiger partial charge in [-0.2, -0.15) is 10.2 Å². The molecule has 0 saturated heterocycles. The largest absolute Gasteiger partial charge is 0.305 e. The number of hydrogen-bond donors (Lipinski definition) is 1. The van der Waals surface area contributed by atoms with Crippen molar-refractivity contribution in [1.29, 1.82) is 0 Å². The molecule has 8 heteroatoms. The van der Waals surface area contributed by atoms with Gasteiger partial charge < -0.3 is 5.32 Å². The third-order valence-electron chi connectivity index (χ3n) is 5.08. The van der Waals surface area contributed by atoms with Gasteiger partial charge in [0.25, 0.3) is 5.91 Å². The van der Waals surface area contributed by atoms with Crippen LogP contribution in [-0.4, -0.2) is 30.5 Å². The van der Waals surface area contributed by atoms with Crippen molar-refractivity contribution in [3.8, 4) is 11.3 Å². The van der Waals surface area contributed by atoms with E-state index in [0.29, 0.717) is 23.6 Å². The van der Waals surface area contributed by atoms with Gasteiger partial charge in [0.2, 0.25) is 0 Å². The highest BCUT2D eigenvalue weighted by Crippen LogP contribution is 2.25. The number of nitrogens with one attached hydrogen (secondary N) is 1. The Morgan fingerprint density at radius 1 is 1.09 bits per heavy atom. The Bertz CT molecular complexity index is 1440. The maximum absolute atomic E-state index is 13.4. The van der Waals surface area contributed by atoms with Gasteiger partial charge in [0.05, 0.1) is 29.5 Å². The molecule has 32 heavy (non-hydrogen) atoms. The zero-order valence-corrected chi connectivity index (χ0v) is 17.2. The Hall–Kier alpha value is -4.33. The fourth-order valence-corrected chi connectivity index (χ4v) is 3.59. The fourth-order valence-electron chi connectivity index (χ4n) is 3.59. The van der Waals surface area contributed by atoms with Crippen molar-refractivity contribution in [3.05, 3.63) is 96.2 Å². The standard InChI is InChI=1S/C24H19FN6O/c1-30-15-17(13-26-30)22-12-20(19-7-2-3-8-21(19)27-22)24(32)28-23-9-10-31(29-23)14-16-5-4-6-18(25)11-16/h2-13,15H,14H2,1H3,(H,28,29,32). The highest BCUT2D eigenvalue weighted by Gasteiger charge is 2.16. The van der Waals surface area contributed by atoms with Crippen molar-refractivity contribution >= 4 is 22.6 Å². The van der Waals surface area contributed by atoms with E-state index in [4.69, 9.17) is 0 Å². The maximum atomic E-state index is 13.4. The molecule has 3 aromatic heterocycles. The predicted molar refractivity (Wildman–Crippen MR) is 120 cm³/mol. The Morgan fingerprint density at radius 2 is 1.97 bits per heavy atom. The number of benzene rings is 2. The molecule has 0 atom stereocenters. The minimum absolute atomic E-state index is 0.287. The summed E-state index contributed by atoms with van der Waals surface area (Å²) in [5.74, 6) is -0.169. The summed E-state index contributed by atoms with van der Waals surface area (Å²) < 4.78 is 16.8. The van der Waals surface area contributed by atoms with Crippen molar-refractivity contribution in [1.82, 2.24) is 24.5 Å². The zero-order chi connectivity index (χ0) is 22.1. The number of aromatic nitrogens is 5. The van der Waals surface area contributed by atoms with E-state index < -0.39 is 0 Å². The third kappa shape index (κ3) is 3.98. The first-order chi connectivity index (χ1) is 15.5. The Labute approximate surface area is 183 Å². The maximum Gasteiger partial charge on any atom is 0.257 e. The summed E-state index contributed by atoms with van der Waals surface area (Å²) >= 11 is 0. The molecule has 5 aromatic rings. The van der Waals surface area contributed by atoms with E-state index >= 15 is 0 Å². The van der Waals surface area contributed by atoms with E-state index in [1.54, 1.807) is 40.0 Å². The van der Waals surface area contributed by atoms with Gasteiger partial charge in [-0.3, -0.25) is 14.2 Å². The average molecular weight is 426 g/mol. The molecule has 0 saturated carbocycles. The molecule has 158 valence electrons. The van der Waals surface area contributed by atoms with Gasteiger partial charge >= 0.3 is 0 Å². The number of carbonyl (C=O) groups excluding carboxylic acids is 1. The normalized spacial score (nSPS) is 11.1. The lowest BCUT2D eigenvalue weighted by molar-refractivity contribution is 0.102. The second kappa shape index (κ2) is 8.07. The number of aryl methyl sites for hydroxylation is 1. The number of halogens is 1. The molecule has 0 fully saturated rings. The van der Waals surface area contributed by atoms with Gasteiger partial charge in [-0.1, -0.05) is 30.3 Å². The number of nitrogens with zero attached hydrogens (tertiary/aromatic N) is 5. The number of amides is 1. The van der Waals surface area contributed by atoms with Crippen molar-refractivity contribution in [2.45, 2.75) is 6.54 Å². The van der Waals surface area contributed by atoms with Crippen LogP contribution < -0.4 is 5.32 Å². The third-order valence-corrected chi connectivity index (χ3v) is 5.08.